The highest BCUT2D eigenvalue weighted by atomic mass is 79.9. The van der Waals surface area contributed by atoms with Gasteiger partial charge in [-0.15, -0.1) is 0 Å². The highest BCUT2D eigenvalue weighted by molar-refractivity contribution is 9.10. The first kappa shape index (κ1) is 25.3. The maximum Gasteiger partial charge on any atom is 0.319 e. The summed E-state index contributed by atoms with van der Waals surface area (Å²) in [7, 11) is 2.70. The fraction of sp³-hybridized carbons (Fsp3) is 0.250. The number of ether oxygens (including phenoxy) is 2. The van der Waals surface area contributed by atoms with Gasteiger partial charge in [0.15, 0.2) is 0 Å². The minimum Gasteiger partial charge on any atom is -0.496 e. The Morgan fingerprint density at radius 3 is 2.59 bits per heavy atom. The molecule has 0 radical (unpaired) electrons. The summed E-state index contributed by atoms with van der Waals surface area (Å²) in [5.74, 6) is -3.30. The van der Waals surface area contributed by atoms with Gasteiger partial charge in [0, 0.05) is 11.6 Å². The Labute approximate surface area is 209 Å². The molecule has 3 rings (SSSR count). The van der Waals surface area contributed by atoms with E-state index in [1.807, 2.05) is 25.1 Å². The summed E-state index contributed by atoms with van der Waals surface area (Å²) in [6.07, 6.45) is 0. The van der Waals surface area contributed by atoms with Crippen LogP contribution in [0.4, 0.5) is 5.69 Å². The highest BCUT2D eigenvalue weighted by Crippen LogP contribution is 2.42. The number of para-hydroxylation sites is 1. The van der Waals surface area contributed by atoms with Crippen LogP contribution in [0.25, 0.3) is 0 Å². The molecular weight excluding hydrogens is 522 g/mol. The zero-order valence-electron chi connectivity index (χ0n) is 18.7. The van der Waals surface area contributed by atoms with E-state index in [0.29, 0.717) is 21.5 Å². The smallest absolute Gasteiger partial charge is 0.319 e. The van der Waals surface area contributed by atoms with Gasteiger partial charge in [-0.25, -0.2) is 0 Å². The van der Waals surface area contributed by atoms with Gasteiger partial charge in [-0.3, -0.25) is 14.4 Å². The molecule has 2 atom stereocenters. The van der Waals surface area contributed by atoms with Crippen molar-refractivity contribution in [1.82, 2.24) is 5.32 Å². The molecule has 0 aromatic heterocycles. The number of benzene rings is 2. The average Bonchev–Trinajstić information content (AvgIpc) is 2.83. The van der Waals surface area contributed by atoms with E-state index < -0.39 is 23.7 Å². The zero-order chi connectivity index (χ0) is 24.8. The second-order valence-corrected chi connectivity index (χ2v) is 9.21. The fourth-order valence-corrected chi connectivity index (χ4v) is 5.00. The van der Waals surface area contributed by atoms with E-state index in [1.54, 1.807) is 24.3 Å². The number of nitrogens with zero attached hydrogens (tertiary/aromatic N) is 1. The lowest BCUT2D eigenvalue weighted by Crippen LogP contribution is -2.44. The monoisotopic (exact) mass is 543 g/mol. The average molecular weight is 544 g/mol. The van der Waals surface area contributed by atoms with Crippen LogP contribution in [-0.4, -0.2) is 37.8 Å². The number of nitrogens with one attached hydrogen (secondary N) is 2. The largest absolute Gasteiger partial charge is 0.496 e. The zero-order valence-corrected chi connectivity index (χ0v) is 21.1. The molecule has 0 unspecified atom stereocenters. The minimum absolute atomic E-state index is 0.0446. The Bertz CT molecular complexity index is 1210. The third-order valence-electron chi connectivity index (χ3n) is 5.29. The van der Waals surface area contributed by atoms with Gasteiger partial charge in [0.2, 0.25) is 11.8 Å². The molecule has 1 aliphatic heterocycles. The van der Waals surface area contributed by atoms with Crippen molar-refractivity contribution in [2.75, 3.05) is 25.3 Å². The van der Waals surface area contributed by atoms with Crippen molar-refractivity contribution >= 4 is 51.2 Å². The van der Waals surface area contributed by atoms with Gasteiger partial charge in [0.1, 0.15) is 11.7 Å². The number of halogens is 1. The second kappa shape index (κ2) is 11.2. The highest BCUT2D eigenvalue weighted by Gasteiger charge is 2.44. The van der Waals surface area contributed by atoms with Crippen molar-refractivity contribution in [1.29, 1.82) is 5.26 Å². The molecule has 8 nitrogen and oxygen atoms in total. The maximum absolute atomic E-state index is 12.9. The molecule has 0 bridgehead atoms. The SMILES string of the molecule is COC(=O)[C@@H]1C(=O)NC(SCC(=O)Nc2ccccc2C)=C(C#N)[C@@H]1c1ccc(OC)c(Br)c1. The van der Waals surface area contributed by atoms with Crippen LogP contribution < -0.4 is 15.4 Å². The maximum atomic E-state index is 12.9. The number of carbonyl (C=O) groups excluding carboxylic acids is 3. The van der Waals surface area contributed by atoms with Crippen molar-refractivity contribution in [2.24, 2.45) is 5.92 Å². The number of anilines is 1. The Kier molecular flexibility index (Phi) is 8.36. The number of aryl methyl sites for hydroxylation is 1. The molecule has 0 spiro atoms. The molecule has 2 aromatic carbocycles. The number of hydrogen-bond donors (Lipinski definition) is 2. The molecule has 2 amide bonds. The Morgan fingerprint density at radius 2 is 1.97 bits per heavy atom. The van der Waals surface area contributed by atoms with Crippen LogP contribution in [0.5, 0.6) is 5.75 Å². The van der Waals surface area contributed by atoms with Gasteiger partial charge in [0.25, 0.3) is 0 Å². The number of amides is 2. The number of allylic oxidation sites excluding steroid dienone is 1. The van der Waals surface area contributed by atoms with Gasteiger partial charge >= 0.3 is 5.97 Å². The number of nitriles is 1. The van der Waals surface area contributed by atoms with E-state index >= 15 is 0 Å². The van der Waals surface area contributed by atoms with Crippen molar-refractivity contribution in [3.63, 3.8) is 0 Å². The van der Waals surface area contributed by atoms with E-state index in [0.717, 1.165) is 17.3 Å². The Morgan fingerprint density at radius 1 is 1.24 bits per heavy atom. The first-order valence-electron chi connectivity index (χ1n) is 10.1. The summed E-state index contributed by atoms with van der Waals surface area (Å²) in [6.45, 7) is 1.88. The molecule has 2 aromatic rings. The number of hydrogen-bond acceptors (Lipinski definition) is 7. The number of methoxy groups -OCH3 is 2. The predicted molar refractivity (Wildman–Crippen MR) is 132 cm³/mol. The summed E-state index contributed by atoms with van der Waals surface area (Å²) in [6, 6.07) is 14.5. The number of carbonyl (C=O) groups is 3. The van der Waals surface area contributed by atoms with E-state index in [1.165, 1.54) is 14.2 Å². The van der Waals surface area contributed by atoms with E-state index in [-0.39, 0.29) is 22.3 Å². The molecule has 34 heavy (non-hydrogen) atoms. The Hall–Kier alpha value is -3.29. The summed E-state index contributed by atoms with van der Waals surface area (Å²) >= 11 is 4.43. The molecule has 0 aliphatic carbocycles. The van der Waals surface area contributed by atoms with Crippen molar-refractivity contribution < 1.29 is 23.9 Å². The van der Waals surface area contributed by atoms with E-state index in [2.05, 4.69) is 32.6 Å². The normalized spacial score (nSPS) is 17.4. The van der Waals surface area contributed by atoms with Crippen LogP contribution in [-0.2, 0) is 19.1 Å². The number of esters is 1. The standard InChI is InChI=1S/C24H22BrN3O5S/c1-13-6-4-5-7-17(13)27-19(29)12-34-23-15(11-26)20(21(22(30)28-23)24(31)33-3)14-8-9-18(32-2)16(25)10-14/h4-10,20-21H,12H2,1-3H3,(H,27,29)(H,28,30)/t20-,21-/m0/s1. The van der Waals surface area contributed by atoms with E-state index in [4.69, 9.17) is 9.47 Å². The molecule has 1 aliphatic rings. The quantitative estimate of drug-likeness (QED) is 0.402. The lowest BCUT2D eigenvalue weighted by molar-refractivity contribution is -0.150. The first-order valence-corrected chi connectivity index (χ1v) is 11.9. The number of rotatable bonds is 7. The first-order chi connectivity index (χ1) is 16.3. The molecule has 0 fully saturated rings. The molecule has 1 heterocycles. The van der Waals surface area contributed by atoms with Gasteiger partial charge in [0.05, 0.1) is 41.1 Å². The van der Waals surface area contributed by atoms with Crippen LogP contribution in [0.15, 0.2) is 57.5 Å². The van der Waals surface area contributed by atoms with Crippen LogP contribution in [0.3, 0.4) is 0 Å². The lowest BCUT2D eigenvalue weighted by atomic mass is 9.78. The van der Waals surface area contributed by atoms with Crippen molar-refractivity contribution in [3.05, 3.63) is 68.7 Å². The van der Waals surface area contributed by atoms with Crippen molar-refractivity contribution in [2.45, 2.75) is 12.8 Å². The minimum atomic E-state index is -1.26. The molecule has 0 saturated heterocycles. The van der Waals surface area contributed by atoms with Gasteiger partial charge in [-0.05, 0) is 52.2 Å². The molecule has 2 N–H and O–H groups in total. The molecule has 176 valence electrons. The predicted octanol–water partition coefficient (Wildman–Crippen LogP) is 3.88. The fourth-order valence-electron chi connectivity index (χ4n) is 3.59. The van der Waals surface area contributed by atoms with Gasteiger partial charge in [-0.2, -0.15) is 5.26 Å². The van der Waals surface area contributed by atoms with Crippen molar-refractivity contribution in [3.8, 4) is 11.8 Å². The molecular formula is C24H22BrN3O5S. The third-order valence-corrected chi connectivity index (χ3v) is 6.92. The Balaban J connectivity index is 1.94. The second-order valence-electron chi connectivity index (χ2n) is 7.37. The third kappa shape index (κ3) is 5.43. The lowest BCUT2D eigenvalue weighted by Gasteiger charge is -2.31. The van der Waals surface area contributed by atoms with Gasteiger partial charge in [-0.1, -0.05) is 36.0 Å². The summed E-state index contributed by atoms with van der Waals surface area (Å²) < 4.78 is 10.7. The molecule has 10 heteroatoms. The summed E-state index contributed by atoms with van der Waals surface area (Å²) in [5, 5.41) is 15.7. The number of thioether (sulfide) groups is 1. The van der Waals surface area contributed by atoms with E-state index in [9.17, 15) is 19.6 Å². The van der Waals surface area contributed by atoms with Gasteiger partial charge < -0.3 is 20.1 Å². The topological polar surface area (TPSA) is 118 Å². The van der Waals surface area contributed by atoms with Crippen LogP contribution >= 0.6 is 27.7 Å². The van der Waals surface area contributed by atoms with Crippen LogP contribution in [0.1, 0.15) is 17.0 Å². The van der Waals surface area contributed by atoms with Crippen LogP contribution in [0, 0.1) is 24.2 Å². The summed E-state index contributed by atoms with van der Waals surface area (Å²) in [5.41, 5.74) is 2.31. The molecule has 0 saturated carbocycles. The van der Waals surface area contributed by atoms with Crippen LogP contribution in [0.2, 0.25) is 0 Å². The summed E-state index contributed by atoms with van der Waals surface area (Å²) in [4.78, 5) is 38.0.